The van der Waals surface area contributed by atoms with Crippen LogP contribution in [-0.2, 0) is 4.79 Å². The molecule has 0 radical (unpaired) electrons. The number of carbonyl (C=O) groups excluding carboxylic acids is 1. The normalized spacial score (nSPS) is 15.3. The van der Waals surface area contributed by atoms with Gasteiger partial charge in [-0.25, -0.2) is 4.85 Å². The van der Waals surface area contributed by atoms with Gasteiger partial charge in [0.05, 0.1) is 29.7 Å². The highest BCUT2D eigenvalue weighted by atomic mass is 35.5. The van der Waals surface area contributed by atoms with Gasteiger partial charge in [-0.15, -0.1) is 0 Å². The fraction of sp³-hybridized carbons (Fsp3) is 0.229. The monoisotopic (exact) mass is 590 g/mol. The molecule has 8 heteroatoms. The standard InChI is InChI=1S/C35H31ClN4O3/c1-6-32(41)38-15-16-39(22(4)19-38)34-26-17-28(36)25(27-20-43-31-14-10-8-12-24(27)31)18-30(26)40(35(42)33(34)37-5)29-13-9-7-11-23(29)21(2)3/h6-14,17-18,20-22H,1,15-16,19H2,2-4H3/t22-/m0/s1. The quantitative estimate of drug-likeness (QED) is 0.154. The number of aromatic nitrogens is 1. The molecule has 5 aromatic rings. The Bertz CT molecular complexity index is 2020. The van der Waals surface area contributed by atoms with Gasteiger partial charge in [0.25, 0.3) is 11.2 Å². The summed E-state index contributed by atoms with van der Waals surface area (Å²) < 4.78 is 7.51. The number of hydrogen-bond acceptors (Lipinski definition) is 4. The molecule has 0 aliphatic carbocycles. The summed E-state index contributed by atoms with van der Waals surface area (Å²) in [5.74, 6) is -0.00297. The van der Waals surface area contributed by atoms with Crippen LogP contribution in [0.5, 0.6) is 0 Å². The van der Waals surface area contributed by atoms with Crippen molar-refractivity contribution in [1.82, 2.24) is 9.47 Å². The highest BCUT2D eigenvalue weighted by Crippen LogP contribution is 2.43. The van der Waals surface area contributed by atoms with Gasteiger partial charge in [0.15, 0.2) is 0 Å². The number of halogens is 1. The van der Waals surface area contributed by atoms with Crippen molar-refractivity contribution in [1.29, 1.82) is 0 Å². The second-order valence-corrected chi connectivity index (χ2v) is 11.6. The lowest BCUT2D eigenvalue weighted by Gasteiger charge is -2.42. The summed E-state index contributed by atoms with van der Waals surface area (Å²) in [5, 5.41) is 2.09. The first-order valence-electron chi connectivity index (χ1n) is 14.3. The van der Waals surface area contributed by atoms with E-state index in [0.717, 1.165) is 33.3 Å². The third-order valence-electron chi connectivity index (χ3n) is 8.29. The van der Waals surface area contributed by atoms with Crippen molar-refractivity contribution in [3.63, 3.8) is 0 Å². The van der Waals surface area contributed by atoms with Gasteiger partial charge in [0, 0.05) is 52.6 Å². The summed E-state index contributed by atoms with van der Waals surface area (Å²) in [6.07, 6.45) is 3.01. The second kappa shape index (κ2) is 11.1. The first-order chi connectivity index (χ1) is 20.7. The van der Waals surface area contributed by atoms with Crippen molar-refractivity contribution in [2.45, 2.75) is 32.7 Å². The molecule has 1 aliphatic heterocycles. The molecule has 1 saturated heterocycles. The number of piperazine rings is 1. The number of rotatable bonds is 5. The van der Waals surface area contributed by atoms with Gasteiger partial charge in [0.1, 0.15) is 5.58 Å². The highest BCUT2D eigenvalue weighted by Gasteiger charge is 2.31. The van der Waals surface area contributed by atoms with Crippen LogP contribution in [0.1, 0.15) is 32.3 Å². The zero-order valence-electron chi connectivity index (χ0n) is 24.3. The summed E-state index contributed by atoms with van der Waals surface area (Å²) in [5.41, 5.74) is 4.81. The zero-order valence-corrected chi connectivity index (χ0v) is 25.1. The molecule has 43 heavy (non-hydrogen) atoms. The van der Waals surface area contributed by atoms with E-state index in [2.05, 4.69) is 30.2 Å². The molecule has 7 nitrogen and oxygen atoms in total. The van der Waals surface area contributed by atoms with E-state index < -0.39 is 5.56 Å². The minimum Gasteiger partial charge on any atom is -0.464 e. The summed E-state index contributed by atoms with van der Waals surface area (Å²) in [6, 6.07) is 19.2. The fourth-order valence-corrected chi connectivity index (χ4v) is 6.47. The number of furan rings is 1. The average molecular weight is 591 g/mol. The minimum absolute atomic E-state index is 0.0268. The maximum absolute atomic E-state index is 14.5. The molecule has 0 saturated carbocycles. The Morgan fingerprint density at radius 1 is 1.09 bits per heavy atom. The number of hydrogen-bond donors (Lipinski definition) is 0. The average Bonchev–Trinajstić information content (AvgIpc) is 3.44. The molecular weight excluding hydrogens is 560 g/mol. The van der Waals surface area contributed by atoms with Crippen LogP contribution in [0, 0.1) is 6.57 Å². The van der Waals surface area contributed by atoms with Gasteiger partial charge in [0.2, 0.25) is 5.91 Å². The summed E-state index contributed by atoms with van der Waals surface area (Å²) in [6.45, 7) is 19.3. The Labute approximate surface area is 255 Å². The lowest BCUT2D eigenvalue weighted by atomic mass is 9.98. The Hall–Kier alpha value is -4.80. The SMILES string of the molecule is [C-]#[N+]c1c(N2CCN(C(=O)C=C)C[C@@H]2C)c2cc(Cl)c(-c3coc4ccccc34)cc2n(-c2ccccc2C(C)C)c1=O. The van der Waals surface area contributed by atoms with Crippen LogP contribution >= 0.6 is 11.6 Å². The lowest BCUT2D eigenvalue weighted by Crippen LogP contribution is -2.53. The summed E-state index contributed by atoms with van der Waals surface area (Å²) in [7, 11) is 0. The number of para-hydroxylation sites is 2. The first-order valence-corrected chi connectivity index (χ1v) is 14.7. The van der Waals surface area contributed by atoms with Gasteiger partial charge in [-0.05, 0) is 48.7 Å². The molecule has 0 unspecified atom stereocenters. The Morgan fingerprint density at radius 3 is 2.56 bits per heavy atom. The lowest BCUT2D eigenvalue weighted by molar-refractivity contribution is -0.126. The number of anilines is 1. The molecular formula is C35H31ClN4O3. The van der Waals surface area contributed by atoms with Crippen molar-refractivity contribution >= 4 is 50.8 Å². The number of benzene rings is 3. The van der Waals surface area contributed by atoms with Crippen molar-refractivity contribution in [2.24, 2.45) is 0 Å². The number of amides is 1. The van der Waals surface area contributed by atoms with Crippen molar-refractivity contribution < 1.29 is 9.21 Å². The van der Waals surface area contributed by atoms with E-state index in [9.17, 15) is 9.59 Å². The van der Waals surface area contributed by atoms with Crippen LogP contribution in [0.25, 0.3) is 43.5 Å². The molecule has 1 aliphatic rings. The summed E-state index contributed by atoms with van der Waals surface area (Å²) in [4.78, 5) is 34.5. The van der Waals surface area contributed by atoms with E-state index in [-0.39, 0.29) is 23.6 Å². The fourth-order valence-electron chi connectivity index (χ4n) is 6.20. The Kier molecular flexibility index (Phi) is 7.33. The molecule has 6 rings (SSSR count). The smallest absolute Gasteiger partial charge is 0.274 e. The molecule has 3 aromatic carbocycles. The zero-order chi connectivity index (χ0) is 30.4. The van der Waals surface area contributed by atoms with Crippen LogP contribution < -0.4 is 10.5 Å². The number of fused-ring (bicyclic) bond motifs is 2. The van der Waals surface area contributed by atoms with Crippen molar-refractivity contribution in [3.8, 4) is 16.8 Å². The topological polar surface area (TPSA) is 63.0 Å². The van der Waals surface area contributed by atoms with Crippen LogP contribution in [0.15, 0.2) is 88.8 Å². The highest BCUT2D eigenvalue weighted by molar-refractivity contribution is 6.35. The van der Waals surface area contributed by atoms with Crippen LogP contribution in [-0.4, -0.2) is 41.1 Å². The van der Waals surface area contributed by atoms with Crippen LogP contribution in [0.3, 0.4) is 0 Å². The van der Waals surface area contributed by atoms with E-state index in [1.165, 1.54) is 6.08 Å². The minimum atomic E-state index is -0.396. The van der Waals surface area contributed by atoms with E-state index in [1.54, 1.807) is 15.7 Å². The largest absolute Gasteiger partial charge is 0.464 e. The Morgan fingerprint density at radius 2 is 1.84 bits per heavy atom. The molecule has 3 heterocycles. The molecule has 216 valence electrons. The van der Waals surface area contributed by atoms with Crippen molar-refractivity contribution in [3.05, 3.63) is 112 Å². The molecule has 0 spiro atoms. The first kappa shape index (κ1) is 28.3. The molecule has 1 amide bonds. The van der Waals surface area contributed by atoms with E-state index in [1.807, 2.05) is 67.6 Å². The molecule has 0 N–H and O–H groups in total. The van der Waals surface area contributed by atoms with Gasteiger partial charge in [-0.2, -0.15) is 0 Å². The molecule has 2 aromatic heterocycles. The molecule has 0 bridgehead atoms. The maximum atomic E-state index is 14.5. The van der Waals surface area contributed by atoms with Gasteiger partial charge in [-0.1, -0.05) is 68.4 Å². The van der Waals surface area contributed by atoms with E-state index in [0.29, 0.717) is 41.2 Å². The van der Waals surface area contributed by atoms with Crippen LogP contribution in [0.2, 0.25) is 5.02 Å². The predicted molar refractivity (Wildman–Crippen MR) is 174 cm³/mol. The van der Waals surface area contributed by atoms with Crippen LogP contribution in [0.4, 0.5) is 11.4 Å². The predicted octanol–water partition coefficient (Wildman–Crippen LogP) is 7.95. The van der Waals surface area contributed by atoms with Gasteiger partial charge >= 0.3 is 0 Å². The third kappa shape index (κ3) is 4.68. The number of carbonyl (C=O) groups is 1. The molecule has 1 fully saturated rings. The second-order valence-electron chi connectivity index (χ2n) is 11.2. The summed E-state index contributed by atoms with van der Waals surface area (Å²) >= 11 is 7.05. The van der Waals surface area contributed by atoms with Crippen molar-refractivity contribution in [2.75, 3.05) is 24.5 Å². The number of nitrogens with zero attached hydrogens (tertiary/aromatic N) is 4. The van der Waals surface area contributed by atoms with Gasteiger partial charge in [-0.3, -0.25) is 14.2 Å². The maximum Gasteiger partial charge on any atom is 0.274 e. The number of pyridine rings is 1. The van der Waals surface area contributed by atoms with E-state index >= 15 is 0 Å². The third-order valence-corrected chi connectivity index (χ3v) is 8.61. The Balaban J connectivity index is 1.69. The van der Waals surface area contributed by atoms with Gasteiger partial charge < -0.3 is 14.2 Å². The molecule has 1 atom stereocenters. The van der Waals surface area contributed by atoms with E-state index in [4.69, 9.17) is 22.6 Å².